The molecule has 1 nitrogen and oxygen atoms in total. The van der Waals surface area contributed by atoms with Gasteiger partial charge in [-0.15, -0.1) is 0 Å². The lowest BCUT2D eigenvalue weighted by atomic mass is 10.0. The first-order chi connectivity index (χ1) is 20.3. The molecule has 0 saturated carbocycles. The van der Waals surface area contributed by atoms with Crippen molar-refractivity contribution in [3.63, 3.8) is 0 Å². The average molecular weight is 577 g/mol. The topological polar surface area (TPSA) is 0 Å². The van der Waals surface area contributed by atoms with E-state index in [0.717, 1.165) is 0 Å². The number of hydrogen-bond donors (Lipinski definition) is 0. The van der Waals surface area contributed by atoms with Gasteiger partial charge >= 0.3 is 0 Å². The van der Waals surface area contributed by atoms with Crippen LogP contribution in [0.5, 0.6) is 0 Å². The summed E-state index contributed by atoms with van der Waals surface area (Å²) in [6.07, 6.45) is 50.4. The molecule has 1 aliphatic heterocycles. The van der Waals surface area contributed by atoms with Gasteiger partial charge in [0.25, 0.3) is 0 Å². The van der Waals surface area contributed by atoms with Crippen molar-refractivity contribution in [1.29, 1.82) is 0 Å². The van der Waals surface area contributed by atoms with Crippen LogP contribution in [0.2, 0.25) is 0 Å². The Bertz CT molecular complexity index is 479. The van der Waals surface area contributed by atoms with Gasteiger partial charge in [-0.2, -0.15) is 0 Å². The molecular formula is C40H82N+. The molecule has 0 aliphatic carbocycles. The highest BCUT2D eigenvalue weighted by Gasteiger charge is 2.30. The van der Waals surface area contributed by atoms with Crippen LogP contribution < -0.4 is 0 Å². The second-order valence-corrected chi connectivity index (χ2v) is 14.5. The SMILES string of the molecule is CCCCCCCCCCCCCCCCCCC[N+]1(CCCCCCCCCCCCCCCCC)CCCC1. The van der Waals surface area contributed by atoms with E-state index in [4.69, 9.17) is 0 Å². The molecule has 0 radical (unpaired) electrons. The summed E-state index contributed by atoms with van der Waals surface area (Å²) in [5, 5.41) is 0. The quantitative estimate of drug-likeness (QED) is 0.0528. The number of hydrogen-bond acceptors (Lipinski definition) is 0. The van der Waals surface area contributed by atoms with Crippen molar-refractivity contribution in [3.05, 3.63) is 0 Å². The lowest BCUT2D eigenvalue weighted by Gasteiger charge is -2.34. The fourth-order valence-electron chi connectivity index (χ4n) is 7.56. The van der Waals surface area contributed by atoms with Crippen LogP contribution in [0.25, 0.3) is 0 Å². The van der Waals surface area contributed by atoms with E-state index in [0.29, 0.717) is 0 Å². The van der Waals surface area contributed by atoms with Gasteiger partial charge in [0.1, 0.15) is 0 Å². The summed E-state index contributed by atoms with van der Waals surface area (Å²) in [6.45, 7) is 10.6. The predicted molar refractivity (Wildman–Crippen MR) is 188 cm³/mol. The fourth-order valence-corrected chi connectivity index (χ4v) is 7.56. The Balaban J connectivity index is 1.84. The molecule has 0 aromatic rings. The molecular weight excluding hydrogens is 494 g/mol. The van der Waals surface area contributed by atoms with Crippen molar-refractivity contribution in [2.24, 2.45) is 0 Å². The molecule has 0 N–H and O–H groups in total. The molecule has 1 heteroatoms. The van der Waals surface area contributed by atoms with Gasteiger partial charge in [0.15, 0.2) is 0 Å². The van der Waals surface area contributed by atoms with E-state index >= 15 is 0 Å². The molecule has 1 rings (SSSR count). The van der Waals surface area contributed by atoms with Crippen LogP contribution in [0.3, 0.4) is 0 Å². The number of unbranched alkanes of at least 4 members (excludes halogenated alkanes) is 30. The second-order valence-electron chi connectivity index (χ2n) is 14.5. The Morgan fingerprint density at radius 2 is 0.463 bits per heavy atom. The van der Waals surface area contributed by atoms with Crippen LogP contribution in [-0.4, -0.2) is 30.7 Å². The maximum Gasteiger partial charge on any atom is 0.0788 e. The molecule has 41 heavy (non-hydrogen) atoms. The van der Waals surface area contributed by atoms with Crippen LogP contribution in [-0.2, 0) is 0 Å². The summed E-state index contributed by atoms with van der Waals surface area (Å²) in [5.74, 6) is 0. The first-order valence-electron chi connectivity index (χ1n) is 20.2. The van der Waals surface area contributed by atoms with E-state index in [1.165, 1.54) is 249 Å². The second kappa shape index (κ2) is 31.4. The van der Waals surface area contributed by atoms with Crippen molar-refractivity contribution >= 4 is 0 Å². The smallest absolute Gasteiger partial charge is 0.0788 e. The molecule has 0 unspecified atom stereocenters. The molecule has 0 atom stereocenters. The summed E-state index contributed by atoms with van der Waals surface area (Å²) in [6, 6.07) is 0. The van der Waals surface area contributed by atoms with Crippen molar-refractivity contribution in [1.82, 2.24) is 0 Å². The summed E-state index contributed by atoms with van der Waals surface area (Å²) in [4.78, 5) is 0. The van der Waals surface area contributed by atoms with Crippen molar-refractivity contribution in [2.75, 3.05) is 26.2 Å². The molecule has 1 saturated heterocycles. The predicted octanol–water partition coefficient (Wildman–Crippen LogP) is 14.1. The summed E-state index contributed by atoms with van der Waals surface area (Å²) < 4.78 is 1.50. The summed E-state index contributed by atoms with van der Waals surface area (Å²) >= 11 is 0. The van der Waals surface area contributed by atoms with E-state index in [1.54, 1.807) is 0 Å². The third-order valence-corrected chi connectivity index (χ3v) is 10.5. The summed E-state index contributed by atoms with van der Waals surface area (Å²) in [5.41, 5.74) is 0. The molecule has 0 bridgehead atoms. The zero-order valence-electron chi connectivity index (χ0n) is 29.3. The third-order valence-electron chi connectivity index (χ3n) is 10.5. The van der Waals surface area contributed by atoms with Gasteiger partial charge in [-0.1, -0.05) is 194 Å². The molecule has 1 fully saturated rings. The fraction of sp³-hybridized carbons (Fsp3) is 1.00. The van der Waals surface area contributed by atoms with E-state index in [9.17, 15) is 0 Å². The van der Waals surface area contributed by atoms with Crippen LogP contribution in [0.15, 0.2) is 0 Å². The van der Waals surface area contributed by atoms with Crippen LogP contribution in [0.4, 0.5) is 0 Å². The zero-order valence-corrected chi connectivity index (χ0v) is 29.3. The Morgan fingerprint density at radius 1 is 0.268 bits per heavy atom. The van der Waals surface area contributed by atoms with Crippen molar-refractivity contribution in [3.8, 4) is 0 Å². The van der Waals surface area contributed by atoms with Crippen LogP contribution in [0, 0.1) is 0 Å². The maximum absolute atomic E-state index is 2.31. The molecule has 0 aromatic heterocycles. The first kappa shape index (κ1) is 39.0. The monoisotopic (exact) mass is 577 g/mol. The van der Waals surface area contributed by atoms with Gasteiger partial charge in [0.05, 0.1) is 26.2 Å². The molecule has 1 heterocycles. The van der Waals surface area contributed by atoms with Gasteiger partial charge in [0.2, 0.25) is 0 Å². The Morgan fingerprint density at radius 3 is 0.683 bits per heavy atom. The van der Waals surface area contributed by atoms with Gasteiger partial charge in [-0.05, 0) is 25.7 Å². The van der Waals surface area contributed by atoms with Gasteiger partial charge in [-0.25, -0.2) is 0 Å². The van der Waals surface area contributed by atoms with E-state index < -0.39 is 0 Å². The highest BCUT2D eigenvalue weighted by Crippen LogP contribution is 2.23. The van der Waals surface area contributed by atoms with Gasteiger partial charge in [0, 0.05) is 12.8 Å². The average Bonchev–Trinajstić information content (AvgIpc) is 3.45. The minimum atomic E-state index is 1.37. The highest BCUT2D eigenvalue weighted by atomic mass is 15.4. The van der Waals surface area contributed by atoms with Gasteiger partial charge < -0.3 is 4.48 Å². The number of likely N-dealkylation sites (tertiary alicyclic amines) is 1. The zero-order chi connectivity index (χ0) is 29.4. The first-order valence-corrected chi connectivity index (χ1v) is 20.2. The third kappa shape index (κ3) is 26.1. The van der Waals surface area contributed by atoms with E-state index in [2.05, 4.69) is 13.8 Å². The molecule has 246 valence electrons. The van der Waals surface area contributed by atoms with Crippen LogP contribution in [0.1, 0.15) is 232 Å². The van der Waals surface area contributed by atoms with Crippen molar-refractivity contribution < 1.29 is 4.48 Å². The van der Waals surface area contributed by atoms with E-state index in [1.807, 2.05) is 0 Å². The Hall–Kier alpha value is -0.0400. The lowest BCUT2D eigenvalue weighted by molar-refractivity contribution is -0.917. The lowest BCUT2D eigenvalue weighted by Crippen LogP contribution is -2.46. The van der Waals surface area contributed by atoms with Gasteiger partial charge in [-0.3, -0.25) is 0 Å². The maximum atomic E-state index is 2.31. The highest BCUT2D eigenvalue weighted by molar-refractivity contribution is 4.58. The normalized spacial score (nSPS) is 14.8. The number of rotatable bonds is 34. The molecule has 0 spiro atoms. The van der Waals surface area contributed by atoms with Crippen LogP contribution >= 0.6 is 0 Å². The number of quaternary nitrogens is 1. The van der Waals surface area contributed by atoms with Crippen molar-refractivity contribution in [2.45, 2.75) is 232 Å². The Kier molecular flexibility index (Phi) is 29.8. The standard InChI is InChI=1S/C40H82N/c1-3-5-7-9-11-13-15-17-19-20-22-24-26-28-30-32-34-38-41(39-35-36-40-41)37-33-31-29-27-25-23-21-18-16-14-12-10-8-6-4-2/h3-40H2,1-2H3/q+1. The van der Waals surface area contributed by atoms with E-state index in [-0.39, 0.29) is 0 Å². The molecule has 0 aromatic carbocycles. The Labute approximate surface area is 262 Å². The number of nitrogens with zero attached hydrogens (tertiary/aromatic N) is 1. The molecule has 1 aliphatic rings. The minimum Gasteiger partial charge on any atom is -0.324 e. The molecule has 0 amide bonds. The minimum absolute atomic E-state index is 1.37. The summed E-state index contributed by atoms with van der Waals surface area (Å²) in [7, 11) is 0. The largest absolute Gasteiger partial charge is 0.324 e.